The fraction of sp³-hybridized carbons (Fsp3) is 0.643. The second-order valence-corrected chi connectivity index (χ2v) is 5.31. The largest absolute Gasteiger partial charge is 0.375 e. The van der Waals surface area contributed by atoms with Crippen molar-refractivity contribution in [3.8, 4) is 0 Å². The number of amides is 2. The molecule has 1 N–H and O–H groups in total. The number of nitrogens with one attached hydrogen (secondary N) is 1. The van der Waals surface area contributed by atoms with Gasteiger partial charge in [0.05, 0.1) is 6.20 Å². The summed E-state index contributed by atoms with van der Waals surface area (Å²) in [6.45, 7) is 2.23. The molecule has 1 atom stereocenters. The average Bonchev–Trinajstić information content (AvgIpc) is 2.94. The van der Waals surface area contributed by atoms with Gasteiger partial charge >= 0.3 is 0 Å². The molecule has 1 aromatic rings. The molecule has 2 heterocycles. The number of methoxy groups -OCH3 is 1. The third-order valence-corrected chi connectivity index (χ3v) is 3.81. The Labute approximate surface area is 142 Å². The van der Waals surface area contributed by atoms with Gasteiger partial charge < -0.3 is 19.9 Å². The molecule has 0 aliphatic carbocycles. The van der Waals surface area contributed by atoms with Gasteiger partial charge in [-0.3, -0.25) is 14.3 Å². The van der Waals surface area contributed by atoms with E-state index in [2.05, 4.69) is 10.4 Å². The SMILES string of the molecule is CNC(C(=O)N1CCN(C(=O)COC)CC1)c1cnn(C)c1.Cl. The van der Waals surface area contributed by atoms with E-state index in [1.807, 2.05) is 13.2 Å². The first-order chi connectivity index (χ1) is 10.6. The number of ether oxygens (including phenoxy) is 1. The van der Waals surface area contributed by atoms with Gasteiger partial charge in [0.2, 0.25) is 11.8 Å². The van der Waals surface area contributed by atoms with Crippen molar-refractivity contribution in [3.05, 3.63) is 18.0 Å². The second kappa shape index (κ2) is 8.85. The maximum absolute atomic E-state index is 12.6. The molecular weight excluding hydrogens is 322 g/mol. The lowest BCUT2D eigenvalue weighted by molar-refractivity contribution is -0.142. The number of hydrogen-bond donors (Lipinski definition) is 1. The van der Waals surface area contributed by atoms with E-state index in [9.17, 15) is 9.59 Å². The van der Waals surface area contributed by atoms with E-state index in [1.165, 1.54) is 7.11 Å². The zero-order valence-electron chi connectivity index (χ0n) is 13.7. The molecule has 9 heteroatoms. The number of aromatic nitrogens is 2. The van der Waals surface area contributed by atoms with E-state index < -0.39 is 6.04 Å². The van der Waals surface area contributed by atoms with Gasteiger partial charge in [0.15, 0.2) is 0 Å². The van der Waals surface area contributed by atoms with Gasteiger partial charge in [0.1, 0.15) is 12.6 Å². The molecule has 1 fully saturated rings. The van der Waals surface area contributed by atoms with Gasteiger partial charge in [0, 0.05) is 52.1 Å². The molecule has 1 aliphatic heterocycles. The predicted molar refractivity (Wildman–Crippen MR) is 87.3 cm³/mol. The van der Waals surface area contributed by atoms with E-state index in [0.717, 1.165) is 5.56 Å². The maximum Gasteiger partial charge on any atom is 0.248 e. The van der Waals surface area contributed by atoms with E-state index in [1.54, 1.807) is 27.7 Å². The van der Waals surface area contributed by atoms with Crippen LogP contribution in [-0.2, 0) is 21.4 Å². The highest BCUT2D eigenvalue weighted by Gasteiger charge is 2.29. The van der Waals surface area contributed by atoms with Crippen molar-refractivity contribution < 1.29 is 14.3 Å². The van der Waals surface area contributed by atoms with Gasteiger partial charge in [-0.1, -0.05) is 0 Å². The Bertz CT molecular complexity index is 528. The van der Waals surface area contributed by atoms with E-state index in [0.29, 0.717) is 26.2 Å². The topological polar surface area (TPSA) is 79.7 Å². The highest BCUT2D eigenvalue weighted by molar-refractivity contribution is 5.85. The molecule has 0 radical (unpaired) electrons. The van der Waals surface area contributed by atoms with Crippen molar-refractivity contribution in [2.75, 3.05) is 46.9 Å². The normalized spacial score (nSPS) is 16.0. The predicted octanol–water partition coefficient (Wildman–Crippen LogP) is -0.580. The molecule has 2 amide bonds. The molecule has 23 heavy (non-hydrogen) atoms. The summed E-state index contributed by atoms with van der Waals surface area (Å²) in [6, 6.07) is -0.407. The Hall–Kier alpha value is -1.64. The molecule has 2 rings (SSSR count). The van der Waals surface area contributed by atoms with Gasteiger partial charge in [-0.05, 0) is 7.05 Å². The monoisotopic (exact) mass is 345 g/mol. The van der Waals surface area contributed by atoms with Crippen LogP contribution in [-0.4, -0.2) is 78.3 Å². The number of halogens is 1. The molecule has 1 aromatic heterocycles. The summed E-state index contributed by atoms with van der Waals surface area (Å²) < 4.78 is 6.53. The number of carbonyl (C=O) groups excluding carboxylic acids is 2. The maximum atomic E-state index is 12.6. The summed E-state index contributed by atoms with van der Waals surface area (Å²) >= 11 is 0. The van der Waals surface area contributed by atoms with Gasteiger partial charge in [0.25, 0.3) is 0 Å². The zero-order valence-corrected chi connectivity index (χ0v) is 14.5. The Balaban J connectivity index is 0.00000264. The molecule has 130 valence electrons. The standard InChI is InChI=1S/C14H23N5O3.ClH/c1-15-13(11-8-16-17(2)9-11)14(21)19-6-4-18(5-7-19)12(20)10-22-3;/h8-9,13,15H,4-7,10H2,1-3H3;1H. The van der Waals surface area contributed by atoms with E-state index >= 15 is 0 Å². The van der Waals surface area contributed by atoms with Crippen molar-refractivity contribution in [2.45, 2.75) is 6.04 Å². The highest BCUT2D eigenvalue weighted by Crippen LogP contribution is 2.16. The molecule has 1 unspecified atom stereocenters. The fourth-order valence-corrected chi connectivity index (χ4v) is 2.60. The molecule has 1 saturated heterocycles. The minimum absolute atomic E-state index is 0. The molecule has 0 bridgehead atoms. The first-order valence-electron chi connectivity index (χ1n) is 7.28. The molecule has 1 aliphatic rings. The number of nitrogens with zero attached hydrogens (tertiary/aromatic N) is 4. The first kappa shape index (κ1) is 19.4. The van der Waals surface area contributed by atoms with Gasteiger partial charge in [-0.25, -0.2) is 0 Å². The lowest BCUT2D eigenvalue weighted by Gasteiger charge is -2.36. The van der Waals surface area contributed by atoms with Crippen molar-refractivity contribution >= 4 is 24.2 Å². The summed E-state index contributed by atoms with van der Waals surface area (Å²) in [6.07, 6.45) is 3.52. The van der Waals surface area contributed by atoms with Gasteiger partial charge in [-0.15, -0.1) is 12.4 Å². The van der Waals surface area contributed by atoms with Crippen molar-refractivity contribution in [1.82, 2.24) is 24.9 Å². The van der Waals surface area contributed by atoms with Gasteiger partial charge in [-0.2, -0.15) is 5.10 Å². The summed E-state index contributed by atoms with van der Waals surface area (Å²) in [5, 5.41) is 7.15. The number of piperazine rings is 1. The van der Waals surface area contributed by atoms with Crippen molar-refractivity contribution in [2.24, 2.45) is 7.05 Å². The molecular formula is C14H24ClN5O3. The molecule has 0 aromatic carbocycles. The average molecular weight is 346 g/mol. The first-order valence-corrected chi connectivity index (χ1v) is 7.28. The lowest BCUT2D eigenvalue weighted by Crippen LogP contribution is -2.53. The number of aryl methyl sites for hydroxylation is 1. The van der Waals surface area contributed by atoms with Crippen molar-refractivity contribution in [1.29, 1.82) is 0 Å². The smallest absolute Gasteiger partial charge is 0.248 e. The van der Waals surface area contributed by atoms with Crippen LogP contribution in [0.1, 0.15) is 11.6 Å². The Morgan fingerprint density at radius 2 is 1.91 bits per heavy atom. The fourth-order valence-electron chi connectivity index (χ4n) is 2.60. The Morgan fingerprint density at radius 3 is 2.39 bits per heavy atom. The third-order valence-electron chi connectivity index (χ3n) is 3.81. The Kier molecular flexibility index (Phi) is 7.47. The van der Waals surface area contributed by atoms with E-state index in [4.69, 9.17) is 4.74 Å². The van der Waals surface area contributed by atoms with Crippen LogP contribution < -0.4 is 5.32 Å². The van der Waals surface area contributed by atoms with Crippen LogP contribution in [0.4, 0.5) is 0 Å². The second-order valence-electron chi connectivity index (χ2n) is 5.31. The number of carbonyl (C=O) groups is 2. The zero-order chi connectivity index (χ0) is 16.1. The van der Waals surface area contributed by atoms with Crippen LogP contribution in [0.2, 0.25) is 0 Å². The minimum atomic E-state index is -0.407. The van der Waals surface area contributed by atoms with Crippen LogP contribution in [0.5, 0.6) is 0 Å². The molecule has 0 spiro atoms. The third kappa shape index (κ3) is 4.66. The Morgan fingerprint density at radius 1 is 1.30 bits per heavy atom. The quantitative estimate of drug-likeness (QED) is 0.772. The van der Waals surface area contributed by atoms with Crippen LogP contribution in [0, 0.1) is 0 Å². The van der Waals surface area contributed by atoms with Crippen LogP contribution in [0.15, 0.2) is 12.4 Å². The summed E-state index contributed by atoms with van der Waals surface area (Å²) in [7, 11) is 5.08. The van der Waals surface area contributed by atoms with Crippen LogP contribution >= 0.6 is 12.4 Å². The highest BCUT2D eigenvalue weighted by atomic mass is 35.5. The lowest BCUT2D eigenvalue weighted by atomic mass is 10.1. The summed E-state index contributed by atoms with van der Waals surface area (Å²) in [4.78, 5) is 27.9. The summed E-state index contributed by atoms with van der Waals surface area (Å²) in [5.41, 5.74) is 0.841. The molecule has 0 saturated carbocycles. The number of likely N-dealkylation sites (N-methyl/N-ethyl adjacent to an activating group) is 1. The minimum Gasteiger partial charge on any atom is -0.375 e. The number of rotatable bonds is 5. The number of hydrogen-bond acceptors (Lipinski definition) is 5. The van der Waals surface area contributed by atoms with Crippen LogP contribution in [0.3, 0.4) is 0 Å². The van der Waals surface area contributed by atoms with E-state index in [-0.39, 0.29) is 30.8 Å². The summed E-state index contributed by atoms with van der Waals surface area (Å²) in [5.74, 6) is -0.0265. The molecule has 8 nitrogen and oxygen atoms in total. The van der Waals surface area contributed by atoms with Crippen LogP contribution in [0.25, 0.3) is 0 Å². The van der Waals surface area contributed by atoms with Crippen molar-refractivity contribution in [3.63, 3.8) is 0 Å².